The summed E-state index contributed by atoms with van der Waals surface area (Å²) in [5.74, 6) is 4.03. The van der Waals surface area contributed by atoms with Gasteiger partial charge in [-0.15, -0.1) is 0 Å². The molecule has 1 unspecified atom stereocenters. The summed E-state index contributed by atoms with van der Waals surface area (Å²) in [5.41, 5.74) is 2.76. The molecule has 6 heteroatoms. The number of benzene rings is 1. The van der Waals surface area contributed by atoms with E-state index in [2.05, 4.69) is 21.4 Å². The number of nitrogens with one attached hydrogen (secondary N) is 1. The second kappa shape index (κ2) is 4.95. The van der Waals surface area contributed by atoms with Gasteiger partial charge in [-0.05, 0) is 34.1 Å². The smallest absolute Gasteiger partial charge is 0.174 e. The van der Waals surface area contributed by atoms with Gasteiger partial charge >= 0.3 is 0 Å². The fourth-order valence-electron chi connectivity index (χ4n) is 1.63. The molecule has 2 aromatic rings. The third-order valence-corrected chi connectivity index (χ3v) is 3.06. The minimum absolute atomic E-state index is 0.142. The fraction of sp³-hybridized carbons (Fsp3) is 0.0909. The molecule has 90 valence electrons. The second-order valence-corrected chi connectivity index (χ2v) is 4.10. The molecule has 1 atom stereocenters. The number of rotatable bonds is 3. The van der Waals surface area contributed by atoms with Gasteiger partial charge in [0.05, 0.1) is 12.3 Å². The third kappa shape index (κ3) is 2.24. The van der Waals surface area contributed by atoms with Crippen LogP contribution in [-0.4, -0.2) is 0 Å². The quantitative estimate of drug-likeness (QED) is 0.677. The van der Waals surface area contributed by atoms with E-state index in [1.165, 1.54) is 24.5 Å². The van der Waals surface area contributed by atoms with Gasteiger partial charge in [0.1, 0.15) is 11.6 Å². The first-order valence-electron chi connectivity index (χ1n) is 4.78. The molecule has 0 amide bonds. The summed E-state index contributed by atoms with van der Waals surface area (Å²) >= 11 is 3.15. The first-order chi connectivity index (χ1) is 8.15. The molecule has 0 bridgehead atoms. The van der Waals surface area contributed by atoms with Crippen molar-refractivity contribution >= 4 is 15.9 Å². The Morgan fingerprint density at radius 1 is 1.24 bits per heavy atom. The largest absolute Gasteiger partial charge is 0.457 e. The van der Waals surface area contributed by atoms with Crippen molar-refractivity contribution in [3.05, 3.63) is 58.0 Å². The zero-order valence-corrected chi connectivity index (χ0v) is 10.2. The molecule has 1 aromatic carbocycles. The van der Waals surface area contributed by atoms with Crippen LogP contribution in [0.15, 0.2) is 39.6 Å². The van der Waals surface area contributed by atoms with Gasteiger partial charge in [-0.1, -0.05) is 6.07 Å². The van der Waals surface area contributed by atoms with Crippen LogP contribution in [0.2, 0.25) is 0 Å². The van der Waals surface area contributed by atoms with Crippen molar-refractivity contribution < 1.29 is 13.2 Å². The van der Waals surface area contributed by atoms with E-state index in [4.69, 9.17) is 10.3 Å². The van der Waals surface area contributed by atoms with Crippen molar-refractivity contribution in [2.45, 2.75) is 6.04 Å². The van der Waals surface area contributed by atoms with Crippen LogP contribution in [0.25, 0.3) is 0 Å². The van der Waals surface area contributed by atoms with Crippen molar-refractivity contribution in [1.29, 1.82) is 0 Å². The number of hydrogen-bond donors (Lipinski definition) is 2. The number of nitrogens with two attached hydrogens (primary N) is 1. The minimum Gasteiger partial charge on any atom is -0.457 e. The number of hydrazine groups is 1. The molecular weight excluding hydrogens is 294 g/mol. The molecule has 0 spiro atoms. The molecule has 17 heavy (non-hydrogen) atoms. The van der Waals surface area contributed by atoms with E-state index in [1.807, 2.05) is 0 Å². The standard InChI is InChI=1S/C11H9BrF2N2O/c12-11-6(4-5-17-11)10(16-15)9-7(13)2-1-3-8(9)14/h1-5,10,16H,15H2. The highest BCUT2D eigenvalue weighted by molar-refractivity contribution is 9.10. The van der Waals surface area contributed by atoms with Gasteiger partial charge in [-0.2, -0.15) is 0 Å². The van der Waals surface area contributed by atoms with Gasteiger partial charge in [-0.25, -0.2) is 14.2 Å². The predicted molar refractivity (Wildman–Crippen MR) is 61.9 cm³/mol. The van der Waals surface area contributed by atoms with Crippen LogP contribution >= 0.6 is 15.9 Å². The van der Waals surface area contributed by atoms with Crippen molar-refractivity contribution in [3.8, 4) is 0 Å². The van der Waals surface area contributed by atoms with Crippen molar-refractivity contribution in [3.63, 3.8) is 0 Å². The molecule has 2 rings (SSSR count). The third-order valence-electron chi connectivity index (χ3n) is 2.41. The van der Waals surface area contributed by atoms with E-state index in [0.717, 1.165) is 0 Å². The Bertz CT molecular complexity index is 510. The van der Waals surface area contributed by atoms with E-state index in [1.54, 1.807) is 6.07 Å². The number of halogens is 3. The normalized spacial score (nSPS) is 12.7. The van der Waals surface area contributed by atoms with Crippen molar-refractivity contribution in [1.82, 2.24) is 5.43 Å². The highest BCUT2D eigenvalue weighted by Crippen LogP contribution is 2.31. The summed E-state index contributed by atoms with van der Waals surface area (Å²) < 4.78 is 32.7. The summed E-state index contributed by atoms with van der Waals surface area (Å²) in [6, 6.07) is 4.42. The molecule has 1 heterocycles. The van der Waals surface area contributed by atoms with Gasteiger partial charge in [0.2, 0.25) is 0 Å². The molecular formula is C11H9BrF2N2O. The molecule has 0 radical (unpaired) electrons. The Labute approximate surface area is 105 Å². The average Bonchev–Trinajstić information content (AvgIpc) is 2.70. The number of furan rings is 1. The lowest BCUT2D eigenvalue weighted by Gasteiger charge is -2.16. The maximum absolute atomic E-state index is 13.6. The Morgan fingerprint density at radius 3 is 2.35 bits per heavy atom. The van der Waals surface area contributed by atoms with Gasteiger partial charge < -0.3 is 4.42 Å². The van der Waals surface area contributed by atoms with E-state index >= 15 is 0 Å². The molecule has 0 aliphatic carbocycles. The van der Waals surface area contributed by atoms with Crippen LogP contribution in [0.3, 0.4) is 0 Å². The van der Waals surface area contributed by atoms with Gasteiger partial charge in [0, 0.05) is 11.1 Å². The van der Waals surface area contributed by atoms with Gasteiger partial charge in [0.25, 0.3) is 0 Å². The van der Waals surface area contributed by atoms with Gasteiger partial charge in [-0.3, -0.25) is 5.84 Å². The zero-order chi connectivity index (χ0) is 12.4. The van der Waals surface area contributed by atoms with E-state index in [9.17, 15) is 8.78 Å². The molecule has 0 saturated heterocycles. The predicted octanol–water partition coefficient (Wildman–Crippen LogP) is 2.87. The van der Waals surface area contributed by atoms with Crippen LogP contribution in [-0.2, 0) is 0 Å². The lowest BCUT2D eigenvalue weighted by Crippen LogP contribution is -2.30. The maximum Gasteiger partial charge on any atom is 0.174 e. The first-order valence-corrected chi connectivity index (χ1v) is 5.57. The topological polar surface area (TPSA) is 51.2 Å². The molecule has 0 aliphatic rings. The van der Waals surface area contributed by atoms with Crippen molar-refractivity contribution in [2.24, 2.45) is 5.84 Å². The molecule has 3 nitrogen and oxygen atoms in total. The lowest BCUT2D eigenvalue weighted by molar-refractivity contribution is 0.496. The van der Waals surface area contributed by atoms with Crippen LogP contribution < -0.4 is 11.3 Å². The number of hydrogen-bond acceptors (Lipinski definition) is 3. The summed E-state index contributed by atoms with van der Waals surface area (Å²) in [6.45, 7) is 0. The van der Waals surface area contributed by atoms with Crippen LogP contribution in [0.1, 0.15) is 17.2 Å². The highest BCUT2D eigenvalue weighted by Gasteiger charge is 2.23. The maximum atomic E-state index is 13.6. The highest BCUT2D eigenvalue weighted by atomic mass is 79.9. The monoisotopic (exact) mass is 302 g/mol. The molecule has 0 fully saturated rings. The summed E-state index contributed by atoms with van der Waals surface area (Å²) in [4.78, 5) is 0. The summed E-state index contributed by atoms with van der Waals surface area (Å²) in [7, 11) is 0. The summed E-state index contributed by atoms with van der Waals surface area (Å²) in [5, 5.41) is 0. The molecule has 0 aliphatic heterocycles. The van der Waals surface area contributed by atoms with Crippen LogP contribution in [0.5, 0.6) is 0 Å². The van der Waals surface area contributed by atoms with Crippen LogP contribution in [0.4, 0.5) is 8.78 Å². The minimum atomic E-state index is -0.815. The fourth-order valence-corrected chi connectivity index (χ4v) is 2.09. The lowest BCUT2D eigenvalue weighted by atomic mass is 10.0. The second-order valence-electron chi connectivity index (χ2n) is 3.38. The van der Waals surface area contributed by atoms with Crippen molar-refractivity contribution in [2.75, 3.05) is 0 Å². The molecule has 0 saturated carbocycles. The van der Waals surface area contributed by atoms with Crippen LogP contribution in [0, 0.1) is 11.6 Å². The Hall–Kier alpha value is -1.24. The molecule has 3 N–H and O–H groups in total. The van der Waals surface area contributed by atoms with Gasteiger partial charge in [0.15, 0.2) is 4.67 Å². The van der Waals surface area contributed by atoms with E-state index < -0.39 is 17.7 Å². The first kappa shape index (κ1) is 12.2. The average molecular weight is 303 g/mol. The van der Waals surface area contributed by atoms with E-state index in [-0.39, 0.29) is 5.56 Å². The molecule has 1 aromatic heterocycles. The zero-order valence-electron chi connectivity index (χ0n) is 8.58. The SMILES string of the molecule is NNC(c1ccoc1Br)c1c(F)cccc1F. The summed E-state index contributed by atoms with van der Waals surface area (Å²) in [6.07, 6.45) is 1.41. The Morgan fingerprint density at radius 2 is 1.88 bits per heavy atom. The Balaban J connectivity index is 2.53. The van der Waals surface area contributed by atoms with E-state index in [0.29, 0.717) is 10.2 Å². The Kier molecular flexibility index (Phi) is 3.56.